The summed E-state index contributed by atoms with van der Waals surface area (Å²) in [6.45, 7) is 1.90. The Bertz CT molecular complexity index is 647. The number of nitro groups is 1. The van der Waals surface area contributed by atoms with Gasteiger partial charge in [0.1, 0.15) is 5.75 Å². The monoisotopic (exact) mass is 386 g/mol. The fourth-order valence-electron chi connectivity index (χ4n) is 1.40. The Hall–Kier alpha value is -1.47. The molecule has 0 aliphatic carbocycles. The fraction of sp³-hybridized carbons (Fsp3) is 0.0833. The van der Waals surface area contributed by atoms with Crippen LogP contribution >= 0.6 is 31.9 Å². The smallest absolute Gasteiger partial charge is 0.274 e. The van der Waals surface area contributed by atoms with Crippen molar-refractivity contribution in [2.45, 2.75) is 6.92 Å². The number of pyridine rings is 1. The number of ether oxygens (including phenoxy) is 1. The Morgan fingerprint density at radius 3 is 2.63 bits per heavy atom. The predicted molar refractivity (Wildman–Crippen MR) is 77.5 cm³/mol. The van der Waals surface area contributed by atoms with Gasteiger partial charge in [-0.25, -0.2) is 4.98 Å². The highest BCUT2D eigenvalue weighted by Crippen LogP contribution is 2.30. The number of nitrogens with zero attached hydrogens (tertiary/aromatic N) is 2. The second-order valence-corrected chi connectivity index (χ2v) is 5.55. The van der Waals surface area contributed by atoms with Gasteiger partial charge in [0, 0.05) is 27.3 Å². The quantitative estimate of drug-likeness (QED) is 0.569. The third-order valence-electron chi connectivity index (χ3n) is 2.31. The van der Waals surface area contributed by atoms with E-state index in [9.17, 15) is 10.1 Å². The van der Waals surface area contributed by atoms with E-state index in [1.807, 2.05) is 6.92 Å². The maximum Gasteiger partial charge on any atom is 0.274 e. The zero-order valence-electron chi connectivity index (χ0n) is 9.76. The number of hydrogen-bond donors (Lipinski definition) is 0. The van der Waals surface area contributed by atoms with Crippen LogP contribution in [0.3, 0.4) is 0 Å². The second-order valence-electron chi connectivity index (χ2n) is 3.78. The average molecular weight is 388 g/mol. The normalized spacial score (nSPS) is 10.3. The number of hydrogen-bond acceptors (Lipinski definition) is 4. The molecule has 2 rings (SSSR count). The van der Waals surface area contributed by atoms with Crippen molar-refractivity contribution in [2.75, 3.05) is 0 Å². The van der Waals surface area contributed by atoms with Gasteiger partial charge < -0.3 is 4.74 Å². The van der Waals surface area contributed by atoms with Crippen molar-refractivity contribution < 1.29 is 9.66 Å². The standard InChI is InChI=1S/C12H8Br2N2O3/c1-7-2-12(15-6-11(7)14)19-10-4-8(13)3-9(5-10)16(17)18/h2-6H,1H3. The van der Waals surface area contributed by atoms with Crippen molar-refractivity contribution in [3.05, 3.63) is 55.1 Å². The first-order valence-corrected chi connectivity index (χ1v) is 6.79. The Morgan fingerprint density at radius 1 is 1.26 bits per heavy atom. The van der Waals surface area contributed by atoms with Gasteiger partial charge in [-0.2, -0.15) is 0 Å². The topological polar surface area (TPSA) is 65.3 Å². The highest BCUT2D eigenvalue weighted by molar-refractivity contribution is 9.10. The van der Waals surface area contributed by atoms with Gasteiger partial charge >= 0.3 is 0 Å². The number of non-ortho nitro benzene ring substituents is 1. The minimum atomic E-state index is -0.474. The number of aromatic nitrogens is 1. The molecule has 2 aromatic rings. The Kier molecular flexibility index (Phi) is 4.16. The van der Waals surface area contributed by atoms with Crippen molar-refractivity contribution in [1.29, 1.82) is 0 Å². The van der Waals surface area contributed by atoms with Gasteiger partial charge in [-0.05, 0) is 34.5 Å². The molecular weight excluding hydrogens is 380 g/mol. The van der Waals surface area contributed by atoms with Crippen LogP contribution in [0.4, 0.5) is 5.69 Å². The van der Waals surface area contributed by atoms with Crippen LogP contribution in [0.15, 0.2) is 39.4 Å². The van der Waals surface area contributed by atoms with Crippen LogP contribution < -0.4 is 4.74 Å². The van der Waals surface area contributed by atoms with Crippen LogP contribution in [-0.4, -0.2) is 9.91 Å². The zero-order chi connectivity index (χ0) is 14.0. The van der Waals surface area contributed by atoms with Gasteiger partial charge in [0.2, 0.25) is 5.88 Å². The lowest BCUT2D eigenvalue weighted by atomic mass is 10.3. The van der Waals surface area contributed by atoms with Gasteiger partial charge in [0.15, 0.2) is 0 Å². The van der Waals surface area contributed by atoms with Gasteiger partial charge in [0.05, 0.1) is 11.0 Å². The summed E-state index contributed by atoms with van der Waals surface area (Å²) in [4.78, 5) is 14.4. The molecule has 0 saturated heterocycles. The number of halogens is 2. The highest BCUT2D eigenvalue weighted by Gasteiger charge is 2.11. The van der Waals surface area contributed by atoms with Gasteiger partial charge in [0.25, 0.3) is 5.69 Å². The van der Waals surface area contributed by atoms with Crippen molar-refractivity contribution >= 4 is 37.5 Å². The number of aryl methyl sites for hydroxylation is 1. The number of nitro benzene ring substituents is 1. The predicted octanol–water partition coefficient (Wildman–Crippen LogP) is 4.62. The van der Waals surface area contributed by atoms with E-state index in [1.165, 1.54) is 12.1 Å². The minimum Gasteiger partial charge on any atom is -0.439 e. The summed E-state index contributed by atoms with van der Waals surface area (Å²) >= 11 is 6.55. The fourth-order valence-corrected chi connectivity index (χ4v) is 2.08. The maximum absolute atomic E-state index is 10.8. The van der Waals surface area contributed by atoms with Crippen LogP contribution in [0.25, 0.3) is 0 Å². The third kappa shape index (κ3) is 3.51. The SMILES string of the molecule is Cc1cc(Oc2cc(Br)cc([N+](=O)[O-])c2)ncc1Br. The van der Waals surface area contributed by atoms with Crippen LogP contribution in [0.2, 0.25) is 0 Å². The molecule has 0 bridgehead atoms. The lowest BCUT2D eigenvalue weighted by Crippen LogP contribution is -1.92. The van der Waals surface area contributed by atoms with Crippen LogP contribution in [0, 0.1) is 17.0 Å². The molecule has 1 aromatic heterocycles. The molecule has 0 spiro atoms. The Balaban J connectivity index is 2.32. The van der Waals surface area contributed by atoms with Crippen molar-refractivity contribution in [1.82, 2.24) is 4.98 Å². The van der Waals surface area contributed by atoms with E-state index in [0.29, 0.717) is 16.1 Å². The second kappa shape index (κ2) is 5.66. The maximum atomic E-state index is 10.8. The molecule has 0 saturated carbocycles. The van der Waals surface area contributed by atoms with Crippen LogP contribution in [0.1, 0.15) is 5.56 Å². The van der Waals surface area contributed by atoms with Crippen LogP contribution in [-0.2, 0) is 0 Å². The summed E-state index contributed by atoms with van der Waals surface area (Å²) in [6.07, 6.45) is 1.62. The van der Waals surface area contributed by atoms with Crippen LogP contribution in [0.5, 0.6) is 11.6 Å². The van der Waals surface area contributed by atoms with E-state index in [2.05, 4.69) is 36.8 Å². The minimum absolute atomic E-state index is 0.0433. The van der Waals surface area contributed by atoms with E-state index in [4.69, 9.17) is 4.74 Å². The van der Waals surface area contributed by atoms with E-state index >= 15 is 0 Å². The van der Waals surface area contributed by atoms with Crippen molar-refractivity contribution in [3.63, 3.8) is 0 Å². The molecule has 0 unspecified atom stereocenters. The van der Waals surface area contributed by atoms with Gasteiger partial charge in [-0.1, -0.05) is 15.9 Å². The van der Waals surface area contributed by atoms with Crippen molar-refractivity contribution in [3.8, 4) is 11.6 Å². The van der Waals surface area contributed by atoms with E-state index < -0.39 is 4.92 Å². The lowest BCUT2D eigenvalue weighted by molar-refractivity contribution is -0.385. The lowest BCUT2D eigenvalue weighted by Gasteiger charge is -2.06. The molecule has 98 valence electrons. The van der Waals surface area contributed by atoms with E-state index in [-0.39, 0.29) is 5.69 Å². The Labute approximate surface area is 126 Å². The molecule has 0 fully saturated rings. The molecule has 0 atom stereocenters. The molecule has 19 heavy (non-hydrogen) atoms. The summed E-state index contributed by atoms with van der Waals surface area (Å²) in [5.41, 5.74) is 0.924. The summed E-state index contributed by atoms with van der Waals surface area (Å²) in [6, 6.07) is 6.15. The molecule has 1 heterocycles. The average Bonchev–Trinajstić information content (AvgIpc) is 2.33. The molecule has 0 aliphatic rings. The van der Waals surface area contributed by atoms with Gasteiger partial charge in [-0.3, -0.25) is 10.1 Å². The molecule has 7 heteroatoms. The highest BCUT2D eigenvalue weighted by atomic mass is 79.9. The molecule has 0 radical (unpaired) electrons. The van der Waals surface area contributed by atoms with Gasteiger partial charge in [-0.15, -0.1) is 0 Å². The summed E-state index contributed by atoms with van der Waals surface area (Å²) in [5.74, 6) is 0.739. The number of benzene rings is 1. The molecule has 0 N–H and O–H groups in total. The largest absolute Gasteiger partial charge is 0.439 e. The number of rotatable bonds is 3. The third-order valence-corrected chi connectivity index (χ3v) is 3.60. The summed E-state index contributed by atoms with van der Waals surface area (Å²) in [5, 5.41) is 10.8. The van der Waals surface area contributed by atoms with Crippen molar-refractivity contribution in [2.24, 2.45) is 0 Å². The molecule has 1 aromatic carbocycles. The zero-order valence-corrected chi connectivity index (χ0v) is 12.9. The first kappa shape index (κ1) is 14.0. The van der Waals surface area contributed by atoms with E-state index in [1.54, 1.807) is 18.3 Å². The molecule has 0 amide bonds. The molecule has 5 nitrogen and oxygen atoms in total. The summed E-state index contributed by atoms with van der Waals surface area (Å²) in [7, 11) is 0. The first-order chi connectivity index (χ1) is 8.95. The first-order valence-electron chi connectivity index (χ1n) is 5.20. The van der Waals surface area contributed by atoms with E-state index in [0.717, 1.165) is 10.0 Å². The molecule has 0 aliphatic heterocycles. The Morgan fingerprint density at radius 2 is 2.00 bits per heavy atom. The molecular formula is C12H8Br2N2O3. The summed E-state index contributed by atoms with van der Waals surface area (Å²) < 4.78 is 6.97.